The molecule has 30 heavy (non-hydrogen) atoms. The van der Waals surface area contributed by atoms with Crippen LogP contribution < -0.4 is 29.6 Å². The van der Waals surface area contributed by atoms with Crippen molar-refractivity contribution in [3.63, 3.8) is 0 Å². The van der Waals surface area contributed by atoms with Crippen molar-refractivity contribution in [3.05, 3.63) is 45.0 Å². The van der Waals surface area contributed by atoms with E-state index >= 15 is 0 Å². The van der Waals surface area contributed by atoms with Gasteiger partial charge in [0.1, 0.15) is 22.7 Å². The van der Waals surface area contributed by atoms with E-state index in [-0.39, 0.29) is 28.0 Å². The molecule has 0 aromatic heterocycles. The number of hydrogen-bond acceptors (Lipinski definition) is 8. The fraction of sp³-hybridized carbons (Fsp3) is 0.222. The van der Waals surface area contributed by atoms with Crippen molar-refractivity contribution in [2.24, 2.45) is 0 Å². The number of halogens is 1. The summed E-state index contributed by atoms with van der Waals surface area (Å²) in [6.07, 6.45) is 0. The van der Waals surface area contributed by atoms with Gasteiger partial charge in [0, 0.05) is 6.07 Å². The second-order valence-corrected chi connectivity index (χ2v) is 5.93. The zero-order valence-corrected chi connectivity index (χ0v) is 17.2. The molecule has 0 fully saturated rings. The highest BCUT2D eigenvalue weighted by molar-refractivity contribution is 6.33. The maximum atomic E-state index is 12.8. The molecule has 3 amide bonds. The van der Waals surface area contributed by atoms with E-state index in [9.17, 15) is 19.7 Å². The Labute approximate surface area is 176 Å². The molecule has 2 aromatic carbocycles. The summed E-state index contributed by atoms with van der Waals surface area (Å²) in [5, 5.41) is 15.6. The van der Waals surface area contributed by atoms with E-state index < -0.39 is 33.9 Å². The Bertz CT molecular complexity index is 974. The van der Waals surface area contributed by atoms with Gasteiger partial charge in [0.15, 0.2) is 5.75 Å². The second-order valence-electron chi connectivity index (χ2n) is 5.52. The van der Waals surface area contributed by atoms with Crippen LogP contribution >= 0.6 is 11.6 Å². The Kier molecular flexibility index (Phi) is 7.26. The van der Waals surface area contributed by atoms with Crippen LogP contribution in [-0.2, 0) is 0 Å². The molecule has 11 nitrogen and oxygen atoms in total. The average molecular weight is 440 g/mol. The molecular weight excluding hydrogens is 422 g/mol. The van der Waals surface area contributed by atoms with E-state index in [4.69, 9.17) is 30.5 Å². The number of methoxy groups -OCH3 is 4. The first kappa shape index (κ1) is 22.6. The number of nitro groups is 1. The Balaban J connectivity index is 2.41. The maximum Gasteiger partial charge on any atom is 0.326 e. The minimum Gasteiger partial charge on any atom is -0.494 e. The van der Waals surface area contributed by atoms with Crippen LogP contribution in [0.5, 0.6) is 23.0 Å². The van der Waals surface area contributed by atoms with E-state index in [1.54, 1.807) is 18.2 Å². The lowest BCUT2D eigenvalue weighted by Crippen LogP contribution is -2.35. The topological polar surface area (TPSA) is 138 Å². The van der Waals surface area contributed by atoms with Crippen molar-refractivity contribution < 1.29 is 33.5 Å². The summed E-state index contributed by atoms with van der Waals surface area (Å²) in [7, 11) is 5.13. The van der Waals surface area contributed by atoms with Crippen molar-refractivity contribution in [1.29, 1.82) is 0 Å². The summed E-state index contributed by atoms with van der Waals surface area (Å²) >= 11 is 6.00. The molecule has 12 heteroatoms. The van der Waals surface area contributed by atoms with Gasteiger partial charge in [0.2, 0.25) is 5.75 Å². The van der Waals surface area contributed by atoms with Crippen LogP contribution in [0.4, 0.5) is 16.2 Å². The standard InChI is InChI=1S/C18H18ClN3O8/c1-27-11-6-5-7-12(28-2)14(11)20-18(24)21-17(23)13-15(29-3)9(19)8-10(22(25)26)16(13)30-4/h5-8H,1-4H3,(H2,20,21,23,24). The number of carbonyl (C=O) groups is 2. The van der Waals surface area contributed by atoms with Crippen LogP contribution in [0.2, 0.25) is 5.02 Å². The largest absolute Gasteiger partial charge is 0.494 e. The average Bonchev–Trinajstić information content (AvgIpc) is 2.72. The predicted molar refractivity (Wildman–Crippen MR) is 107 cm³/mol. The molecule has 0 radical (unpaired) electrons. The van der Waals surface area contributed by atoms with E-state index in [0.717, 1.165) is 13.2 Å². The summed E-state index contributed by atoms with van der Waals surface area (Å²) < 4.78 is 20.4. The van der Waals surface area contributed by atoms with E-state index in [1.165, 1.54) is 21.3 Å². The number of anilines is 1. The predicted octanol–water partition coefficient (Wildman–Crippen LogP) is 3.24. The molecule has 0 aliphatic heterocycles. The molecule has 0 aliphatic carbocycles. The number of nitro benzene ring substituents is 1. The van der Waals surface area contributed by atoms with E-state index in [1.807, 2.05) is 5.32 Å². The summed E-state index contributed by atoms with van der Waals surface area (Å²) in [5.74, 6) is -1.09. The van der Waals surface area contributed by atoms with Crippen LogP contribution in [0, 0.1) is 10.1 Å². The highest BCUT2D eigenvalue weighted by Gasteiger charge is 2.31. The van der Waals surface area contributed by atoms with Gasteiger partial charge in [-0.1, -0.05) is 17.7 Å². The van der Waals surface area contributed by atoms with Gasteiger partial charge in [-0.25, -0.2) is 4.79 Å². The lowest BCUT2D eigenvalue weighted by atomic mass is 10.1. The molecule has 0 bridgehead atoms. The molecule has 160 valence electrons. The Hall–Kier alpha value is -3.73. The van der Waals surface area contributed by atoms with Crippen LogP contribution in [-0.4, -0.2) is 45.3 Å². The van der Waals surface area contributed by atoms with Crippen molar-refractivity contribution in [3.8, 4) is 23.0 Å². The molecule has 0 saturated heterocycles. The van der Waals surface area contributed by atoms with Crippen LogP contribution in [0.15, 0.2) is 24.3 Å². The van der Waals surface area contributed by atoms with Gasteiger partial charge < -0.3 is 24.3 Å². The number of nitrogens with one attached hydrogen (secondary N) is 2. The number of ether oxygens (including phenoxy) is 4. The molecule has 0 spiro atoms. The third-order valence-electron chi connectivity index (χ3n) is 3.89. The number of urea groups is 1. The third kappa shape index (κ3) is 4.46. The van der Waals surface area contributed by atoms with Crippen LogP contribution in [0.3, 0.4) is 0 Å². The molecule has 0 aliphatic rings. The normalized spacial score (nSPS) is 10.0. The fourth-order valence-corrected chi connectivity index (χ4v) is 2.91. The number of rotatable bonds is 7. The molecule has 0 saturated carbocycles. The summed E-state index contributed by atoms with van der Waals surface area (Å²) in [4.78, 5) is 35.7. The maximum absolute atomic E-state index is 12.8. The quantitative estimate of drug-likeness (QED) is 0.495. The molecular formula is C18H18ClN3O8. The summed E-state index contributed by atoms with van der Waals surface area (Å²) in [5.41, 5.74) is -0.814. The fourth-order valence-electron chi connectivity index (χ4n) is 2.63. The van der Waals surface area contributed by atoms with E-state index in [0.29, 0.717) is 0 Å². The van der Waals surface area contributed by atoms with Gasteiger partial charge in [-0.3, -0.25) is 20.2 Å². The first-order chi connectivity index (χ1) is 14.3. The lowest BCUT2D eigenvalue weighted by Gasteiger charge is -2.16. The van der Waals surface area contributed by atoms with Crippen LogP contribution in [0.1, 0.15) is 10.4 Å². The third-order valence-corrected chi connectivity index (χ3v) is 4.17. The van der Waals surface area contributed by atoms with Gasteiger partial charge in [-0.2, -0.15) is 0 Å². The number of imide groups is 1. The zero-order chi connectivity index (χ0) is 22.4. The highest BCUT2D eigenvalue weighted by atomic mass is 35.5. The number of benzene rings is 2. The molecule has 2 aromatic rings. The van der Waals surface area contributed by atoms with Gasteiger partial charge in [0.05, 0.1) is 38.4 Å². The lowest BCUT2D eigenvalue weighted by molar-refractivity contribution is -0.385. The monoisotopic (exact) mass is 439 g/mol. The Morgan fingerprint density at radius 2 is 1.57 bits per heavy atom. The minimum absolute atomic E-state index is 0.170. The van der Waals surface area contributed by atoms with Crippen molar-refractivity contribution in [2.75, 3.05) is 33.8 Å². The van der Waals surface area contributed by atoms with Gasteiger partial charge in [-0.15, -0.1) is 0 Å². The summed E-state index contributed by atoms with van der Waals surface area (Å²) in [6, 6.07) is 4.82. The number of amides is 3. The first-order valence-corrected chi connectivity index (χ1v) is 8.58. The smallest absolute Gasteiger partial charge is 0.326 e. The SMILES string of the molecule is COc1cccc(OC)c1NC(=O)NC(=O)c1c(OC)c(Cl)cc([N+](=O)[O-])c1OC. The molecule has 0 unspecified atom stereocenters. The Morgan fingerprint density at radius 3 is 2.03 bits per heavy atom. The summed E-state index contributed by atoms with van der Waals surface area (Å²) in [6.45, 7) is 0. The van der Waals surface area contributed by atoms with Crippen molar-refractivity contribution in [2.45, 2.75) is 0 Å². The second kappa shape index (κ2) is 9.65. The zero-order valence-electron chi connectivity index (χ0n) is 16.4. The molecule has 0 atom stereocenters. The van der Waals surface area contributed by atoms with Crippen molar-refractivity contribution >= 4 is 34.9 Å². The molecule has 2 N–H and O–H groups in total. The van der Waals surface area contributed by atoms with E-state index in [2.05, 4.69) is 5.32 Å². The number of nitrogens with zero attached hydrogens (tertiary/aromatic N) is 1. The van der Waals surface area contributed by atoms with Gasteiger partial charge in [0.25, 0.3) is 5.91 Å². The Morgan fingerprint density at radius 1 is 1.00 bits per heavy atom. The number of hydrogen-bond donors (Lipinski definition) is 2. The molecule has 2 rings (SSSR count). The minimum atomic E-state index is -1.04. The number of para-hydroxylation sites is 1. The first-order valence-electron chi connectivity index (χ1n) is 8.21. The van der Waals surface area contributed by atoms with Crippen molar-refractivity contribution in [1.82, 2.24) is 5.32 Å². The van der Waals surface area contributed by atoms with Gasteiger partial charge in [-0.05, 0) is 12.1 Å². The van der Waals surface area contributed by atoms with Gasteiger partial charge >= 0.3 is 11.7 Å². The number of carbonyl (C=O) groups excluding carboxylic acids is 2. The molecule has 0 heterocycles. The highest BCUT2D eigenvalue weighted by Crippen LogP contribution is 2.42. The van der Waals surface area contributed by atoms with Crippen LogP contribution in [0.25, 0.3) is 0 Å².